The van der Waals surface area contributed by atoms with Crippen LogP contribution in [0.4, 0.5) is 4.39 Å². The third-order valence-corrected chi connectivity index (χ3v) is 3.91. The lowest BCUT2D eigenvalue weighted by molar-refractivity contribution is -0.128. The van der Waals surface area contributed by atoms with Crippen LogP contribution < -0.4 is 10.6 Å². The number of benzene rings is 1. The third kappa shape index (κ3) is 8.16. The van der Waals surface area contributed by atoms with Gasteiger partial charge in [-0.25, -0.2) is 4.39 Å². The molecule has 1 unspecified atom stereocenters. The molecule has 0 aliphatic carbocycles. The van der Waals surface area contributed by atoms with Gasteiger partial charge in [-0.2, -0.15) is 0 Å². The topological polar surface area (TPSA) is 62.8 Å². The van der Waals surface area contributed by atoms with Crippen molar-refractivity contribution in [3.63, 3.8) is 0 Å². The molecule has 0 aromatic heterocycles. The molecule has 1 amide bonds. The number of halogens is 3. The van der Waals surface area contributed by atoms with E-state index in [1.165, 1.54) is 12.1 Å². The Labute approximate surface area is 166 Å². The Balaban J connectivity index is 0.00000312. The minimum Gasteiger partial charge on any atom is -0.383 e. The fourth-order valence-corrected chi connectivity index (χ4v) is 2.71. The van der Waals surface area contributed by atoms with Crippen molar-refractivity contribution in [1.29, 1.82) is 0 Å². The van der Waals surface area contributed by atoms with E-state index in [0.717, 1.165) is 6.54 Å². The lowest BCUT2D eigenvalue weighted by Gasteiger charge is -2.33. The first-order chi connectivity index (χ1) is 11.7. The largest absolute Gasteiger partial charge is 0.383 e. The molecule has 2 N–H and O–H groups in total. The van der Waals surface area contributed by atoms with Gasteiger partial charge < -0.3 is 20.1 Å². The summed E-state index contributed by atoms with van der Waals surface area (Å²) in [6.45, 7) is 5.01. The van der Waals surface area contributed by atoms with Gasteiger partial charge in [0.15, 0.2) is 0 Å². The quantitative estimate of drug-likeness (QED) is 0.601. The second kappa shape index (κ2) is 14.1. The summed E-state index contributed by atoms with van der Waals surface area (Å²) in [5, 5.41) is 6.10. The first-order valence-corrected chi connectivity index (χ1v) is 8.27. The Bertz CT molecular complexity index is 520. The van der Waals surface area contributed by atoms with E-state index in [1.807, 2.05) is 4.90 Å². The van der Waals surface area contributed by atoms with Crippen LogP contribution in [0.5, 0.6) is 0 Å². The predicted molar refractivity (Wildman–Crippen MR) is 104 cm³/mol. The number of ether oxygens (including phenoxy) is 2. The van der Waals surface area contributed by atoms with Crippen LogP contribution >= 0.6 is 24.8 Å². The van der Waals surface area contributed by atoms with E-state index >= 15 is 0 Å². The monoisotopic (exact) mass is 411 g/mol. The van der Waals surface area contributed by atoms with Crippen molar-refractivity contribution in [3.05, 3.63) is 35.6 Å². The summed E-state index contributed by atoms with van der Waals surface area (Å²) < 4.78 is 23.9. The normalized spacial score (nSPS) is 15.5. The highest BCUT2D eigenvalue weighted by atomic mass is 35.5. The maximum Gasteiger partial charge on any atom is 0.242 e. The summed E-state index contributed by atoms with van der Waals surface area (Å²) >= 11 is 0. The number of hydrogen-bond donors (Lipinski definition) is 2. The molecule has 150 valence electrons. The summed E-state index contributed by atoms with van der Waals surface area (Å²) in [6.07, 6.45) is 0. The Hall–Kier alpha value is -0.960. The van der Waals surface area contributed by atoms with Crippen LogP contribution in [0, 0.1) is 5.82 Å². The van der Waals surface area contributed by atoms with Gasteiger partial charge in [-0.15, -0.1) is 24.8 Å². The standard InChI is InChI=1S/C17H26FN3O3.2ClH/c1-23-10-7-19-5-6-20-17(22)16(21-8-11-24-12-9-21)14-3-2-4-15(18)13-14;;/h2-4,13,16,19H,5-12H2,1H3,(H,20,22);2*1H. The number of rotatable bonds is 9. The maximum atomic E-state index is 13.6. The van der Waals surface area contributed by atoms with E-state index in [1.54, 1.807) is 19.2 Å². The minimum absolute atomic E-state index is 0. The number of nitrogens with zero attached hydrogens (tertiary/aromatic N) is 1. The Kier molecular flexibility index (Phi) is 13.6. The zero-order valence-corrected chi connectivity index (χ0v) is 16.5. The minimum atomic E-state index is -0.497. The van der Waals surface area contributed by atoms with E-state index in [4.69, 9.17) is 9.47 Å². The van der Waals surface area contributed by atoms with E-state index < -0.39 is 6.04 Å². The van der Waals surface area contributed by atoms with E-state index in [0.29, 0.717) is 51.6 Å². The molecule has 1 fully saturated rings. The number of amides is 1. The smallest absolute Gasteiger partial charge is 0.242 e. The summed E-state index contributed by atoms with van der Waals surface area (Å²) in [7, 11) is 1.65. The Morgan fingerprint density at radius 2 is 2.00 bits per heavy atom. The van der Waals surface area contributed by atoms with Gasteiger partial charge >= 0.3 is 0 Å². The van der Waals surface area contributed by atoms with Gasteiger partial charge in [0.25, 0.3) is 0 Å². The maximum absolute atomic E-state index is 13.6. The molecular weight excluding hydrogens is 384 g/mol. The van der Waals surface area contributed by atoms with Gasteiger partial charge in [0, 0.05) is 39.8 Å². The fourth-order valence-electron chi connectivity index (χ4n) is 2.71. The highest BCUT2D eigenvalue weighted by molar-refractivity contribution is 5.85. The molecule has 9 heteroatoms. The number of morpholine rings is 1. The molecule has 6 nitrogen and oxygen atoms in total. The van der Waals surface area contributed by atoms with Crippen LogP contribution in [-0.2, 0) is 14.3 Å². The molecule has 1 heterocycles. The van der Waals surface area contributed by atoms with E-state index in [-0.39, 0.29) is 36.5 Å². The number of methoxy groups -OCH3 is 1. The van der Waals surface area contributed by atoms with Crippen molar-refractivity contribution in [2.75, 3.05) is 59.7 Å². The van der Waals surface area contributed by atoms with E-state index in [9.17, 15) is 9.18 Å². The van der Waals surface area contributed by atoms with Crippen LogP contribution in [0.3, 0.4) is 0 Å². The first-order valence-electron chi connectivity index (χ1n) is 8.27. The molecule has 26 heavy (non-hydrogen) atoms. The third-order valence-electron chi connectivity index (χ3n) is 3.91. The average molecular weight is 412 g/mol. The molecule has 0 bridgehead atoms. The first kappa shape index (κ1) is 25.0. The highest BCUT2D eigenvalue weighted by Gasteiger charge is 2.29. The van der Waals surface area contributed by atoms with Crippen LogP contribution in [0.25, 0.3) is 0 Å². The fraction of sp³-hybridized carbons (Fsp3) is 0.588. The van der Waals surface area contributed by atoms with Gasteiger partial charge in [0.2, 0.25) is 5.91 Å². The van der Waals surface area contributed by atoms with Gasteiger partial charge in [0.05, 0.1) is 19.8 Å². The molecule has 1 atom stereocenters. The van der Waals surface area contributed by atoms with Crippen molar-refractivity contribution in [3.8, 4) is 0 Å². The van der Waals surface area contributed by atoms with Crippen LogP contribution in [0.2, 0.25) is 0 Å². The van der Waals surface area contributed by atoms with E-state index in [2.05, 4.69) is 10.6 Å². The molecule has 1 aromatic rings. The number of hydrogen-bond acceptors (Lipinski definition) is 5. The molecular formula is C17H28Cl2FN3O3. The second-order valence-corrected chi connectivity index (χ2v) is 5.64. The summed E-state index contributed by atoms with van der Waals surface area (Å²) in [5.41, 5.74) is 0.668. The predicted octanol–water partition coefficient (Wildman–Crippen LogP) is 1.39. The number of carbonyl (C=O) groups is 1. The summed E-state index contributed by atoms with van der Waals surface area (Å²) in [6, 6.07) is 5.74. The SMILES string of the molecule is COCCNCCNC(=O)C(c1cccc(F)c1)N1CCOCC1.Cl.Cl. The molecule has 1 aliphatic heterocycles. The average Bonchev–Trinajstić information content (AvgIpc) is 2.59. The molecule has 1 aromatic carbocycles. The van der Waals surface area contributed by atoms with Crippen molar-refractivity contribution in [2.45, 2.75) is 6.04 Å². The van der Waals surface area contributed by atoms with Crippen molar-refractivity contribution in [1.82, 2.24) is 15.5 Å². The highest BCUT2D eigenvalue weighted by Crippen LogP contribution is 2.22. The molecule has 2 rings (SSSR count). The van der Waals surface area contributed by atoms with Gasteiger partial charge in [-0.3, -0.25) is 9.69 Å². The number of carbonyl (C=O) groups excluding carboxylic acids is 1. The molecule has 1 saturated heterocycles. The van der Waals surface area contributed by atoms with Crippen molar-refractivity contribution >= 4 is 30.7 Å². The zero-order valence-electron chi connectivity index (χ0n) is 14.9. The number of nitrogens with one attached hydrogen (secondary N) is 2. The van der Waals surface area contributed by atoms with Crippen LogP contribution in [-0.4, -0.2) is 70.5 Å². The summed E-state index contributed by atoms with van der Waals surface area (Å²) in [5.74, 6) is -0.448. The second-order valence-electron chi connectivity index (χ2n) is 5.64. The Morgan fingerprint density at radius 1 is 1.27 bits per heavy atom. The van der Waals surface area contributed by atoms with Gasteiger partial charge in [0.1, 0.15) is 11.9 Å². The molecule has 0 saturated carbocycles. The van der Waals surface area contributed by atoms with Gasteiger partial charge in [-0.1, -0.05) is 12.1 Å². The lowest BCUT2D eigenvalue weighted by Crippen LogP contribution is -2.46. The van der Waals surface area contributed by atoms with Crippen LogP contribution in [0.15, 0.2) is 24.3 Å². The van der Waals surface area contributed by atoms with Crippen molar-refractivity contribution in [2.24, 2.45) is 0 Å². The van der Waals surface area contributed by atoms with Crippen molar-refractivity contribution < 1.29 is 18.7 Å². The zero-order chi connectivity index (χ0) is 17.2. The van der Waals surface area contributed by atoms with Crippen LogP contribution in [0.1, 0.15) is 11.6 Å². The lowest BCUT2D eigenvalue weighted by atomic mass is 10.0. The summed E-state index contributed by atoms with van der Waals surface area (Å²) in [4.78, 5) is 14.7. The molecule has 1 aliphatic rings. The molecule has 0 spiro atoms. The van der Waals surface area contributed by atoms with Gasteiger partial charge in [-0.05, 0) is 17.7 Å². The Morgan fingerprint density at radius 3 is 2.65 bits per heavy atom. The molecule has 0 radical (unpaired) electrons.